The van der Waals surface area contributed by atoms with Gasteiger partial charge < -0.3 is 30.4 Å². The molecule has 1 rings (SSSR count). The minimum atomic E-state index is -4.61. The molecular formula is C22H40F6N2O6. The SMILES string of the molecule is CC(C)(C)OC(=O)CCCN.CC(C)(C)OC(=O)CCCNC[C@H](O)C(F)(F)F.FC(F)(F)[C@@H]1CO1. The number of hydrogen-bond acceptors (Lipinski definition) is 8. The van der Waals surface area contributed by atoms with Crippen molar-refractivity contribution < 1.29 is 55.2 Å². The summed E-state index contributed by atoms with van der Waals surface area (Å²) in [5.41, 5.74) is 4.30. The van der Waals surface area contributed by atoms with Gasteiger partial charge in [0.25, 0.3) is 0 Å². The van der Waals surface area contributed by atoms with Crippen LogP contribution < -0.4 is 11.1 Å². The Bertz CT molecular complexity index is 626. The Morgan fingerprint density at radius 1 is 0.944 bits per heavy atom. The van der Waals surface area contributed by atoms with Gasteiger partial charge in [-0.2, -0.15) is 26.3 Å². The largest absolute Gasteiger partial charge is 0.460 e. The molecule has 1 saturated heterocycles. The Balaban J connectivity index is 0. The van der Waals surface area contributed by atoms with E-state index in [-0.39, 0.29) is 37.1 Å². The number of aliphatic hydroxyl groups excluding tert-OH is 1. The van der Waals surface area contributed by atoms with Crippen molar-refractivity contribution in [3.8, 4) is 0 Å². The highest BCUT2D eigenvalue weighted by Gasteiger charge is 2.49. The van der Waals surface area contributed by atoms with Crippen molar-refractivity contribution in [3.63, 3.8) is 0 Å². The number of aliphatic hydroxyl groups is 1. The highest BCUT2D eigenvalue weighted by Crippen LogP contribution is 2.30. The fraction of sp³-hybridized carbons (Fsp3) is 0.909. The lowest BCUT2D eigenvalue weighted by molar-refractivity contribution is -0.201. The molecule has 1 aliphatic rings. The lowest BCUT2D eigenvalue weighted by Gasteiger charge is -2.19. The molecule has 2 atom stereocenters. The number of alkyl halides is 6. The minimum absolute atomic E-state index is 0.131. The molecule has 0 spiro atoms. The van der Waals surface area contributed by atoms with Crippen LogP contribution in [-0.2, 0) is 23.8 Å². The van der Waals surface area contributed by atoms with Gasteiger partial charge in [-0.25, -0.2) is 0 Å². The standard InChI is InChI=1S/C11H20F3NO3.C8H17NO2.C3H3F3O/c1-10(2,3)18-9(17)5-4-6-15-7-8(16)11(12,13)14;1-8(2,3)11-7(10)5-4-6-9;4-3(5,6)2-1-7-2/h8,15-16H,4-7H2,1-3H3;4-6,9H2,1-3H3;2H,1H2/t8-;;2-/m0.0/s1. The van der Waals surface area contributed by atoms with E-state index in [1.54, 1.807) is 20.8 Å². The van der Waals surface area contributed by atoms with Crippen LogP contribution >= 0.6 is 0 Å². The molecule has 1 aliphatic heterocycles. The van der Waals surface area contributed by atoms with E-state index < -0.39 is 36.7 Å². The summed E-state index contributed by atoms with van der Waals surface area (Å²) in [6.45, 7) is 10.8. The number of nitrogens with two attached hydrogens (primary N) is 1. The lowest BCUT2D eigenvalue weighted by Crippen LogP contribution is -2.38. The molecule has 8 nitrogen and oxygen atoms in total. The maximum absolute atomic E-state index is 11.9. The number of ether oxygens (including phenoxy) is 3. The van der Waals surface area contributed by atoms with Crippen molar-refractivity contribution in [2.75, 3.05) is 26.2 Å². The Morgan fingerprint density at radius 2 is 1.36 bits per heavy atom. The van der Waals surface area contributed by atoms with Gasteiger partial charge in [0.15, 0.2) is 12.2 Å². The summed E-state index contributed by atoms with van der Waals surface area (Å²) >= 11 is 0. The Morgan fingerprint density at radius 3 is 1.64 bits per heavy atom. The van der Waals surface area contributed by atoms with E-state index >= 15 is 0 Å². The van der Waals surface area contributed by atoms with Gasteiger partial charge in [0.05, 0.1) is 6.61 Å². The number of esters is 2. The molecule has 14 heteroatoms. The zero-order valence-corrected chi connectivity index (χ0v) is 21.6. The zero-order chi connectivity index (χ0) is 28.8. The van der Waals surface area contributed by atoms with E-state index in [2.05, 4.69) is 10.1 Å². The predicted octanol–water partition coefficient (Wildman–Crippen LogP) is 3.64. The third kappa shape index (κ3) is 25.5. The van der Waals surface area contributed by atoms with Gasteiger partial charge in [-0.05, 0) is 67.5 Å². The van der Waals surface area contributed by atoms with E-state index in [4.69, 9.17) is 20.3 Å². The van der Waals surface area contributed by atoms with Crippen LogP contribution in [0.3, 0.4) is 0 Å². The molecule has 4 N–H and O–H groups in total. The number of rotatable bonds is 9. The fourth-order valence-corrected chi connectivity index (χ4v) is 1.98. The van der Waals surface area contributed by atoms with E-state index in [0.29, 0.717) is 25.8 Å². The van der Waals surface area contributed by atoms with E-state index in [9.17, 15) is 35.9 Å². The first-order valence-electron chi connectivity index (χ1n) is 11.4. The maximum atomic E-state index is 11.9. The number of epoxide rings is 1. The smallest absolute Gasteiger partial charge is 0.416 e. The average Bonchev–Trinajstić information content (AvgIpc) is 3.48. The first-order valence-corrected chi connectivity index (χ1v) is 11.4. The normalized spacial score (nSPS) is 16.6. The van der Waals surface area contributed by atoms with Crippen molar-refractivity contribution in [2.45, 2.75) is 103 Å². The Kier molecular flexibility index (Phi) is 16.5. The highest BCUT2D eigenvalue weighted by atomic mass is 19.4. The number of halogens is 6. The second-order valence-electron chi connectivity index (χ2n) is 9.79. The van der Waals surface area contributed by atoms with Crippen LogP contribution in [0, 0.1) is 0 Å². The molecule has 216 valence electrons. The summed E-state index contributed by atoms with van der Waals surface area (Å²) < 4.78 is 83.1. The fourth-order valence-electron chi connectivity index (χ4n) is 1.98. The number of hydrogen-bond donors (Lipinski definition) is 3. The first-order chi connectivity index (χ1) is 16.1. The average molecular weight is 543 g/mol. The van der Waals surface area contributed by atoms with Crippen LogP contribution in [0.4, 0.5) is 26.3 Å². The van der Waals surface area contributed by atoms with Gasteiger partial charge in [-0.3, -0.25) is 9.59 Å². The van der Waals surface area contributed by atoms with Crippen LogP contribution in [0.15, 0.2) is 0 Å². The molecule has 0 bridgehead atoms. The van der Waals surface area contributed by atoms with Crippen molar-refractivity contribution in [2.24, 2.45) is 5.73 Å². The topological polar surface area (TPSA) is 123 Å². The van der Waals surface area contributed by atoms with Crippen LogP contribution in [0.25, 0.3) is 0 Å². The van der Waals surface area contributed by atoms with E-state index in [1.807, 2.05) is 20.8 Å². The number of nitrogens with one attached hydrogen (secondary N) is 1. The maximum Gasteiger partial charge on any atom is 0.416 e. The van der Waals surface area contributed by atoms with Crippen molar-refractivity contribution >= 4 is 11.9 Å². The van der Waals surface area contributed by atoms with E-state index in [1.165, 1.54) is 0 Å². The number of carbonyl (C=O) groups is 2. The third-order valence-electron chi connectivity index (χ3n) is 3.57. The molecule has 1 heterocycles. The van der Waals surface area contributed by atoms with Crippen molar-refractivity contribution in [3.05, 3.63) is 0 Å². The molecule has 0 aromatic rings. The van der Waals surface area contributed by atoms with Crippen LogP contribution in [0.5, 0.6) is 0 Å². The highest BCUT2D eigenvalue weighted by molar-refractivity contribution is 5.70. The van der Waals surface area contributed by atoms with Gasteiger partial charge in [0, 0.05) is 19.4 Å². The number of carbonyl (C=O) groups excluding carboxylic acids is 2. The van der Waals surface area contributed by atoms with Crippen molar-refractivity contribution in [1.29, 1.82) is 0 Å². The van der Waals surface area contributed by atoms with Crippen LogP contribution in [0.1, 0.15) is 67.2 Å². The van der Waals surface area contributed by atoms with E-state index in [0.717, 1.165) is 0 Å². The molecule has 0 unspecified atom stereocenters. The predicted molar refractivity (Wildman–Crippen MR) is 120 cm³/mol. The summed E-state index contributed by atoms with van der Waals surface area (Å²) in [6, 6.07) is 0. The third-order valence-corrected chi connectivity index (χ3v) is 3.57. The zero-order valence-electron chi connectivity index (χ0n) is 21.6. The molecule has 0 aliphatic carbocycles. The summed E-state index contributed by atoms with van der Waals surface area (Å²) in [5.74, 6) is -0.552. The Labute approximate surface area is 208 Å². The molecule has 1 fully saturated rings. The first kappa shape index (κ1) is 36.5. The van der Waals surface area contributed by atoms with Crippen LogP contribution in [-0.4, -0.2) is 79.0 Å². The van der Waals surface area contributed by atoms with Crippen molar-refractivity contribution in [1.82, 2.24) is 5.32 Å². The summed E-state index contributed by atoms with van der Waals surface area (Å²) in [6.07, 6.45) is -10.9. The second-order valence-corrected chi connectivity index (χ2v) is 9.79. The van der Waals surface area contributed by atoms with Gasteiger partial charge in [0.1, 0.15) is 11.2 Å². The van der Waals surface area contributed by atoms with Gasteiger partial charge in [0.2, 0.25) is 0 Å². The summed E-state index contributed by atoms with van der Waals surface area (Å²) in [4.78, 5) is 22.2. The summed E-state index contributed by atoms with van der Waals surface area (Å²) in [7, 11) is 0. The quantitative estimate of drug-likeness (QED) is 0.175. The molecular weight excluding hydrogens is 502 g/mol. The second kappa shape index (κ2) is 16.3. The molecule has 0 saturated carbocycles. The minimum Gasteiger partial charge on any atom is -0.460 e. The monoisotopic (exact) mass is 542 g/mol. The molecule has 0 aromatic heterocycles. The lowest BCUT2D eigenvalue weighted by atomic mass is 10.2. The Hall–Kier alpha value is -1.64. The van der Waals surface area contributed by atoms with Gasteiger partial charge in [-0.15, -0.1) is 0 Å². The molecule has 0 aromatic carbocycles. The molecule has 0 amide bonds. The van der Waals surface area contributed by atoms with Gasteiger partial charge >= 0.3 is 24.3 Å². The molecule has 0 radical (unpaired) electrons. The van der Waals surface area contributed by atoms with Gasteiger partial charge in [-0.1, -0.05) is 0 Å². The summed E-state index contributed by atoms with van der Waals surface area (Å²) in [5, 5.41) is 11.1. The van der Waals surface area contributed by atoms with Crippen LogP contribution in [0.2, 0.25) is 0 Å². The molecule has 36 heavy (non-hydrogen) atoms.